The van der Waals surface area contributed by atoms with Crippen LogP contribution >= 0.6 is 0 Å². The Labute approximate surface area is 241 Å². The van der Waals surface area contributed by atoms with E-state index in [9.17, 15) is 18.0 Å². The van der Waals surface area contributed by atoms with Gasteiger partial charge in [-0.25, -0.2) is 19.7 Å². The van der Waals surface area contributed by atoms with E-state index in [4.69, 9.17) is 14.2 Å². The van der Waals surface area contributed by atoms with Crippen LogP contribution in [0.4, 0.5) is 29.3 Å². The molecular weight excluding hydrogens is 551 g/mol. The Hall–Kier alpha value is -4.87. The van der Waals surface area contributed by atoms with Crippen molar-refractivity contribution >= 4 is 17.4 Å². The molecule has 0 spiro atoms. The first-order valence-electron chi connectivity index (χ1n) is 12.9. The summed E-state index contributed by atoms with van der Waals surface area (Å²) in [5.41, 5.74) is 1.36. The minimum absolute atomic E-state index is 0.00977. The molecular formula is C30H29F3N5O4. The summed E-state index contributed by atoms with van der Waals surface area (Å²) in [6.45, 7) is 5.67. The molecule has 0 aliphatic carbocycles. The average molecular weight is 581 g/mol. The molecule has 2 aromatic carbocycles. The number of anilines is 2. The number of rotatable bonds is 10. The predicted molar refractivity (Wildman–Crippen MR) is 152 cm³/mol. The quantitative estimate of drug-likeness (QED) is 0.207. The third kappa shape index (κ3) is 7.45. The molecule has 0 saturated heterocycles. The summed E-state index contributed by atoms with van der Waals surface area (Å²) in [6.07, 6.45) is -0.253. The molecule has 12 heteroatoms. The molecule has 0 atom stereocenters. The number of carbonyl (C=O) groups excluding carboxylic acids is 1. The fourth-order valence-electron chi connectivity index (χ4n) is 3.94. The Kier molecular flexibility index (Phi) is 9.46. The van der Waals surface area contributed by atoms with Crippen molar-refractivity contribution in [2.24, 2.45) is 0 Å². The molecule has 0 saturated carbocycles. The molecule has 0 aliphatic heterocycles. The number of hydrogen-bond acceptors (Lipinski definition) is 7. The van der Waals surface area contributed by atoms with E-state index >= 15 is 0 Å². The predicted octanol–water partition coefficient (Wildman–Crippen LogP) is 7.07. The van der Waals surface area contributed by atoms with Gasteiger partial charge in [0.2, 0.25) is 0 Å². The van der Waals surface area contributed by atoms with E-state index in [2.05, 4.69) is 25.6 Å². The van der Waals surface area contributed by atoms with Crippen LogP contribution in [0, 0.1) is 13.3 Å². The van der Waals surface area contributed by atoms with Crippen molar-refractivity contribution in [3.63, 3.8) is 0 Å². The van der Waals surface area contributed by atoms with Crippen LogP contribution in [0.15, 0.2) is 60.9 Å². The van der Waals surface area contributed by atoms with Gasteiger partial charge in [-0.15, -0.1) is 0 Å². The van der Waals surface area contributed by atoms with E-state index in [1.54, 1.807) is 26.3 Å². The molecule has 42 heavy (non-hydrogen) atoms. The molecule has 4 aromatic rings. The lowest BCUT2D eigenvalue weighted by Crippen LogP contribution is -2.21. The lowest BCUT2D eigenvalue weighted by molar-refractivity contribution is -0.137. The smallest absolute Gasteiger partial charge is 0.416 e. The van der Waals surface area contributed by atoms with Gasteiger partial charge in [-0.05, 0) is 61.7 Å². The number of amides is 2. The Morgan fingerprint density at radius 2 is 1.76 bits per heavy atom. The van der Waals surface area contributed by atoms with Gasteiger partial charge in [0.1, 0.15) is 12.4 Å². The second-order valence-corrected chi connectivity index (χ2v) is 8.96. The standard InChI is InChI=1S/C30H29F3N5O4/c1-5-20-9-10-22(14-24(20)30(31,32)33)37-29(39)38-25-16-34-27(36-18(25)3)21-13-26(41-6-2)28(35-15-21)42-17-19-7-11-23(40-4)12-8-19/h5,7-16H,6,17H2,1-4H3,(H2,37,38,39). The minimum Gasteiger partial charge on any atom is -0.497 e. The molecule has 2 aromatic heterocycles. The van der Waals surface area contributed by atoms with Crippen LogP contribution in [0.25, 0.3) is 11.4 Å². The van der Waals surface area contributed by atoms with Crippen LogP contribution in [0.3, 0.4) is 0 Å². The zero-order valence-corrected chi connectivity index (χ0v) is 23.4. The molecule has 2 amide bonds. The van der Waals surface area contributed by atoms with E-state index < -0.39 is 17.8 Å². The van der Waals surface area contributed by atoms with Gasteiger partial charge in [0.25, 0.3) is 5.88 Å². The first kappa shape index (κ1) is 30.1. The maximum Gasteiger partial charge on any atom is 0.416 e. The number of ether oxygens (including phenoxy) is 3. The molecule has 1 radical (unpaired) electrons. The number of halogens is 3. The molecule has 2 heterocycles. The molecule has 0 bridgehead atoms. The number of alkyl halides is 3. The lowest BCUT2D eigenvalue weighted by Gasteiger charge is -2.15. The number of hydrogen-bond donors (Lipinski definition) is 2. The summed E-state index contributed by atoms with van der Waals surface area (Å²) in [5, 5.41) is 4.99. The Bertz CT molecular complexity index is 1550. The van der Waals surface area contributed by atoms with Crippen molar-refractivity contribution in [1.82, 2.24) is 15.0 Å². The van der Waals surface area contributed by atoms with Crippen molar-refractivity contribution in [2.45, 2.75) is 33.6 Å². The summed E-state index contributed by atoms with van der Waals surface area (Å²) in [6, 6.07) is 12.0. The van der Waals surface area contributed by atoms with Gasteiger partial charge in [0.15, 0.2) is 11.6 Å². The number of urea groups is 1. The Morgan fingerprint density at radius 3 is 2.40 bits per heavy atom. The van der Waals surface area contributed by atoms with Crippen LogP contribution < -0.4 is 24.8 Å². The Morgan fingerprint density at radius 1 is 1.00 bits per heavy atom. The van der Waals surface area contributed by atoms with Gasteiger partial charge in [-0.3, -0.25) is 0 Å². The highest BCUT2D eigenvalue weighted by atomic mass is 19.4. The zero-order chi connectivity index (χ0) is 30.3. The van der Waals surface area contributed by atoms with Crippen LogP contribution in [0.1, 0.15) is 36.2 Å². The SMILES string of the molecule is C[CH]c1ccc(NC(=O)Nc2cnc(-c3cnc(OCc4ccc(OC)cc4)c(OCC)c3)nc2C)cc1C(F)(F)F. The van der Waals surface area contributed by atoms with E-state index in [-0.39, 0.29) is 23.5 Å². The summed E-state index contributed by atoms with van der Waals surface area (Å²) in [7, 11) is 1.60. The third-order valence-electron chi connectivity index (χ3n) is 6.07. The van der Waals surface area contributed by atoms with Crippen LogP contribution in [0.5, 0.6) is 17.4 Å². The normalized spacial score (nSPS) is 11.1. The first-order chi connectivity index (χ1) is 20.1. The number of aryl methyl sites for hydroxylation is 1. The highest BCUT2D eigenvalue weighted by Gasteiger charge is 2.33. The average Bonchev–Trinajstić information content (AvgIpc) is 2.97. The third-order valence-corrected chi connectivity index (χ3v) is 6.07. The van der Waals surface area contributed by atoms with E-state index in [0.29, 0.717) is 35.3 Å². The van der Waals surface area contributed by atoms with Crippen molar-refractivity contribution in [3.05, 3.63) is 89.7 Å². The number of nitrogens with one attached hydrogen (secondary N) is 2. The molecule has 9 nitrogen and oxygen atoms in total. The number of aromatic nitrogens is 3. The molecule has 2 N–H and O–H groups in total. The topological polar surface area (TPSA) is 107 Å². The van der Waals surface area contributed by atoms with Gasteiger partial charge in [-0.2, -0.15) is 13.2 Å². The largest absolute Gasteiger partial charge is 0.497 e. The van der Waals surface area contributed by atoms with E-state index in [0.717, 1.165) is 17.4 Å². The summed E-state index contributed by atoms with van der Waals surface area (Å²) < 4.78 is 56.9. The van der Waals surface area contributed by atoms with E-state index in [1.165, 1.54) is 31.7 Å². The van der Waals surface area contributed by atoms with E-state index in [1.807, 2.05) is 31.2 Å². The second kappa shape index (κ2) is 13.2. The summed E-state index contributed by atoms with van der Waals surface area (Å²) >= 11 is 0. The number of benzene rings is 2. The monoisotopic (exact) mass is 580 g/mol. The van der Waals surface area contributed by atoms with Crippen molar-refractivity contribution in [2.75, 3.05) is 24.4 Å². The minimum atomic E-state index is -4.56. The molecule has 0 fully saturated rings. The van der Waals surface area contributed by atoms with Crippen molar-refractivity contribution in [1.29, 1.82) is 0 Å². The van der Waals surface area contributed by atoms with Gasteiger partial charge in [0.05, 0.1) is 36.9 Å². The van der Waals surface area contributed by atoms with Gasteiger partial charge in [0, 0.05) is 17.4 Å². The maximum atomic E-state index is 13.4. The summed E-state index contributed by atoms with van der Waals surface area (Å²) in [5.74, 6) is 1.79. The highest BCUT2D eigenvalue weighted by molar-refractivity contribution is 6.00. The molecule has 0 aliphatic rings. The Balaban J connectivity index is 1.46. The summed E-state index contributed by atoms with van der Waals surface area (Å²) in [4.78, 5) is 25.7. The number of carbonyl (C=O) groups is 1. The van der Waals surface area contributed by atoms with Gasteiger partial charge >= 0.3 is 12.2 Å². The first-order valence-corrected chi connectivity index (χ1v) is 12.9. The van der Waals surface area contributed by atoms with Crippen LogP contribution in [0.2, 0.25) is 0 Å². The fourth-order valence-corrected chi connectivity index (χ4v) is 3.94. The van der Waals surface area contributed by atoms with Gasteiger partial charge in [-0.1, -0.05) is 25.1 Å². The van der Waals surface area contributed by atoms with Crippen molar-refractivity contribution in [3.8, 4) is 28.8 Å². The second-order valence-electron chi connectivity index (χ2n) is 8.96. The number of nitrogens with zero attached hydrogens (tertiary/aromatic N) is 3. The molecule has 4 rings (SSSR count). The maximum absolute atomic E-state index is 13.4. The molecule has 0 unspecified atom stereocenters. The molecule has 219 valence electrons. The highest BCUT2D eigenvalue weighted by Crippen LogP contribution is 2.35. The number of pyridine rings is 1. The van der Waals surface area contributed by atoms with Gasteiger partial charge < -0.3 is 24.8 Å². The van der Waals surface area contributed by atoms with Crippen LogP contribution in [-0.4, -0.2) is 34.7 Å². The zero-order valence-electron chi connectivity index (χ0n) is 23.4. The van der Waals surface area contributed by atoms with Crippen molar-refractivity contribution < 1.29 is 32.2 Å². The van der Waals surface area contributed by atoms with Crippen LogP contribution in [-0.2, 0) is 12.8 Å². The lowest BCUT2D eigenvalue weighted by atomic mass is 10.0. The fraction of sp³-hybridized carbons (Fsp3) is 0.233. The number of methoxy groups -OCH3 is 1.